The normalized spacial score (nSPS) is 26.8. The van der Waals surface area contributed by atoms with Crippen LogP contribution in [0.25, 0.3) is 0 Å². The van der Waals surface area contributed by atoms with E-state index < -0.39 is 5.60 Å². The van der Waals surface area contributed by atoms with Crippen LogP contribution in [0.1, 0.15) is 63.6 Å². The minimum Gasteiger partial charge on any atom is -0.444 e. The predicted molar refractivity (Wildman–Crippen MR) is 88.2 cm³/mol. The molecule has 4 atom stereocenters. The van der Waals surface area contributed by atoms with Gasteiger partial charge in [0.25, 0.3) is 0 Å². The highest BCUT2D eigenvalue weighted by Crippen LogP contribution is 2.56. The minimum atomic E-state index is -0.517. The number of rotatable bonds is 3. The number of fused-ring (bicyclic) bond motifs is 5. The number of carbonyl (C=O) groups excluding carboxylic acids is 2. The third-order valence-electron chi connectivity index (χ3n) is 4.96. The molecule has 0 N–H and O–H groups in total. The Bertz CT molecular complexity index is 619. The fourth-order valence-corrected chi connectivity index (χ4v) is 4.16. The first-order chi connectivity index (χ1) is 10.8. The molecule has 1 aromatic rings. The molecule has 1 saturated heterocycles. The second-order valence-corrected chi connectivity index (χ2v) is 7.74. The molecule has 1 heterocycles. The molecule has 1 unspecified atom stereocenters. The number of hydrogen-bond acceptors (Lipinski definition) is 3. The van der Waals surface area contributed by atoms with Crippen LogP contribution in [0.5, 0.6) is 0 Å². The van der Waals surface area contributed by atoms with E-state index in [0.29, 0.717) is 12.3 Å². The van der Waals surface area contributed by atoms with Crippen molar-refractivity contribution >= 4 is 12.4 Å². The van der Waals surface area contributed by atoms with Gasteiger partial charge in [-0.05, 0) is 44.2 Å². The van der Waals surface area contributed by atoms with E-state index in [-0.39, 0.29) is 24.1 Å². The van der Waals surface area contributed by atoms with Gasteiger partial charge in [-0.2, -0.15) is 0 Å². The number of ether oxygens (including phenoxy) is 1. The molecule has 0 saturated carbocycles. The van der Waals surface area contributed by atoms with Gasteiger partial charge < -0.3 is 9.53 Å². The minimum absolute atomic E-state index is 0.0370. The summed E-state index contributed by atoms with van der Waals surface area (Å²) in [6, 6.07) is 8.46. The second kappa shape index (κ2) is 5.66. The van der Waals surface area contributed by atoms with Gasteiger partial charge in [-0.15, -0.1) is 0 Å². The van der Waals surface area contributed by atoms with Crippen LogP contribution >= 0.6 is 0 Å². The zero-order valence-electron chi connectivity index (χ0n) is 14.3. The van der Waals surface area contributed by atoms with Gasteiger partial charge in [-0.3, -0.25) is 4.90 Å². The van der Waals surface area contributed by atoms with Crippen LogP contribution < -0.4 is 0 Å². The van der Waals surface area contributed by atoms with Crippen molar-refractivity contribution in [3.63, 3.8) is 0 Å². The Morgan fingerprint density at radius 1 is 1.35 bits per heavy atom. The SMILES string of the molecule is CC(CC=O)[C@@H]1[C@H]2C[C@H](c3ccccc32)N1C(=O)OC(C)(C)C. The topological polar surface area (TPSA) is 46.6 Å². The highest BCUT2D eigenvalue weighted by Gasteiger charge is 2.53. The average Bonchev–Trinajstić information content (AvgIpc) is 3.02. The van der Waals surface area contributed by atoms with Gasteiger partial charge in [0.2, 0.25) is 0 Å². The molecule has 0 spiro atoms. The highest BCUT2D eigenvalue weighted by atomic mass is 16.6. The molecule has 0 radical (unpaired) electrons. The maximum atomic E-state index is 12.8. The lowest BCUT2D eigenvalue weighted by Crippen LogP contribution is -2.47. The van der Waals surface area contributed by atoms with E-state index in [9.17, 15) is 9.59 Å². The second-order valence-electron chi connectivity index (χ2n) is 7.74. The first-order valence-corrected chi connectivity index (χ1v) is 8.37. The third-order valence-corrected chi connectivity index (χ3v) is 4.96. The van der Waals surface area contributed by atoms with Crippen LogP contribution in [0.3, 0.4) is 0 Å². The van der Waals surface area contributed by atoms with Crippen molar-refractivity contribution in [3.8, 4) is 0 Å². The van der Waals surface area contributed by atoms with Crippen LogP contribution in [-0.4, -0.2) is 28.9 Å². The summed E-state index contributed by atoms with van der Waals surface area (Å²) in [7, 11) is 0. The summed E-state index contributed by atoms with van der Waals surface area (Å²) in [6.07, 6.45) is 2.10. The molecule has 1 amide bonds. The van der Waals surface area contributed by atoms with E-state index in [4.69, 9.17) is 4.74 Å². The Morgan fingerprint density at radius 3 is 2.61 bits per heavy atom. The lowest BCUT2D eigenvalue weighted by atomic mass is 9.84. The van der Waals surface area contributed by atoms with Crippen molar-refractivity contribution in [2.24, 2.45) is 5.92 Å². The maximum Gasteiger partial charge on any atom is 0.411 e. The van der Waals surface area contributed by atoms with Gasteiger partial charge in [-0.25, -0.2) is 4.79 Å². The van der Waals surface area contributed by atoms with Crippen molar-refractivity contribution < 1.29 is 14.3 Å². The molecule has 2 aliphatic rings. The Balaban J connectivity index is 1.96. The largest absolute Gasteiger partial charge is 0.444 e. The van der Waals surface area contributed by atoms with E-state index in [2.05, 4.69) is 25.1 Å². The van der Waals surface area contributed by atoms with Crippen LogP contribution in [0.2, 0.25) is 0 Å². The van der Waals surface area contributed by atoms with Crippen LogP contribution in [0.4, 0.5) is 4.79 Å². The van der Waals surface area contributed by atoms with Crippen molar-refractivity contribution in [2.45, 2.75) is 64.1 Å². The summed E-state index contributed by atoms with van der Waals surface area (Å²) in [5.41, 5.74) is 2.05. The fraction of sp³-hybridized carbons (Fsp3) is 0.579. The number of likely N-dealkylation sites (tertiary alicyclic amines) is 1. The quantitative estimate of drug-likeness (QED) is 0.790. The number of nitrogens with zero attached hydrogens (tertiary/aromatic N) is 1. The lowest BCUT2D eigenvalue weighted by molar-refractivity contribution is -0.109. The number of carbonyl (C=O) groups is 2. The third kappa shape index (κ3) is 2.75. The molecule has 1 aromatic carbocycles. The van der Waals surface area contributed by atoms with Crippen molar-refractivity contribution in [1.82, 2.24) is 4.90 Å². The van der Waals surface area contributed by atoms with Gasteiger partial charge >= 0.3 is 6.09 Å². The van der Waals surface area contributed by atoms with E-state index >= 15 is 0 Å². The average molecular weight is 315 g/mol. The molecule has 0 aromatic heterocycles. The molecule has 4 heteroatoms. The maximum absolute atomic E-state index is 12.8. The molecular weight excluding hydrogens is 290 g/mol. The molecule has 4 nitrogen and oxygen atoms in total. The zero-order chi connectivity index (χ0) is 16.8. The van der Waals surface area contributed by atoms with Crippen molar-refractivity contribution in [1.29, 1.82) is 0 Å². The summed E-state index contributed by atoms with van der Waals surface area (Å²) in [5, 5.41) is 0. The molecule has 124 valence electrons. The number of benzene rings is 1. The Labute approximate surface area is 137 Å². The fourth-order valence-electron chi connectivity index (χ4n) is 4.16. The Hall–Kier alpha value is -1.84. The van der Waals surface area contributed by atoms with E-state index in [1.807, 2.05) is 31.7 Å². The summed E-state index contributed by atoms with van der Waals surface area (Å²) < 4.78 is 5.65. The molecule has 3 rings (SSSR count). The first-order valence-electron chi connectivity index (χ1n) is 8.37. The van der Waals surface area contributed by atoms with Gasteiger partial charge in [-0.1, -0.05) is 31.2 Å². The summed E-state index contributed by atoms with van der Waals surface area (Å²) in [4.78, 5) is 25.7. The standard InChI is InChI=1S/C19H25NO3/c1-12(9-10-21)17-15-11-16(14-8-6-5-7-13(14)15)20(17)18(22)23-19(2,3)4/h5-8,10,12,15-17H,9,11H2,1-4H3/t12?,15-,16+,17+/m0/s1. The molecule has 2 bridgehead atoms. The number of aldehydes is 1. The van der Waals surface area contributed by atoms with E-state index in [1.54, 1.807) is 0 Å². The molecule has 23 heavy (non-hydrogen) atoms. The van der Waals surface area contributed by atoms with Gasteiger partial charge in [0.15, 0.2) is 0 Å². The number of amides is 1. The molecule has 1 aliphatic heterocycles. The van der Waals surface area contributed by atoms with Crippen LogP contribution in [-0.2, 0) is 9.53 Å². The number of hydrogen-bond donors (Lipinski definition) is 0. The summed E-state index contributed by atoms with van der Waals surface area (Å²) in [6.45, 7) is 7.71. The lowest BCUT2D eigenvalue weighted by Gasteiger charge is -2.40. The zero-order valence-corrected chi connectivity index (χ0v) is 14.3. The molecule has 1 fully saturated rings. The van der Waals surface area contributed by atoms with Crippen LogP contribution in [0.15, 0.2) is 24.3 Å². The highest BCUT2D eigenvalue weighted by molar-refractivity contribution is 5.72. The van der Waals surface area contributed by atoms with Crippen LogP contribution in [0, 0.1) is 5.92 Å². The van der Waals surface area contributed by atoms with E-state index in [1.165, 1.54) is 11.1 Å². The van der Waals surface area contributed by atoms with Gasteiger partial charge in [0.05, 0.1) is 6.04 Å². The monoisotopic (exact) mass is 315 g/mol. The van der Waals surface area contributed by atoms with Gasteiger partial charge in [0, 0.05) is 18.4 Å². The Kier molecular flexibility index (Phi) is 3.95. The summed E-state index contributed by atoms with van der Waals surface area (Å²) >= 11 is 0. The molecular formula is C19H25NO3. The molecule has 1 aliphatic carbocycles. The van der Waals surface area contributed by atoms with Gasteiger partial charge in [0.1, 0.15) is 11.9 Å². The predicted octanol–water partition coefficient (Wildman–Crippen LogP) is 4.06. The smallest absolute Gasteiger partial charge is 0.411 e. The Morgan fingerprint density at radius 2 is 2.00 bits per heavy atom. The van der Waals surface area contributed by atoms with Crippen molar-refractivity contribution in [2.75, 3.05) is 0 Å². The first kappa shape index (κ1) is 16.0. The summed E-state index contributed by atoms with van der Waals surface area (Å²) in [5.74, 6) is 0.432. The van der Waals surface area contributed by atoms with Crippen molar-refractivity contribution in [3.05, 3.63) is 35.4 Å². The van der Waals surface area contributed by atoms with E-state index in [0.717, 1.165) is 12.7 Å².